The van der Waals surface area contributed by atoms with Gasteiger partial charge in [0.25, 0.3) is 5.91 Å². The van der Waals surface area contributed by atoms with Crippen LogP contribution in [0.1, 0.15) is 33.6 Å². The van der Waals surface area contributed by atoms with Gasteiger partial charge in [0.05, 0.1) is 16.8 Å². The number of likely N-dealkylation sites (tertiary alicyclic amines) is 1. The molecule has 1 saturated heterocycles. The van der Waals surface area contributed by atoms with E-state index in [-0.39, 0.29) is 0 Å². The fourth-order valence-corrected chi connectivity index (χ4v) is 5.86. The van der Waals surface area contributed by atoms with Gasteiger partial charge in [0.1, 0.15) is 17.3 Å². The Balaban J connectivity index is 1.75. The molecule has 1 aliphatic heterocycles. The topological polar surface area (TPSA) is 98.0 Å². The highest BCUT2D eigenvalue weighted by atomic mass is 32.2. The van der Waals surface area contributed by atoms with Gasteiger partial charge in [0.2, 0.25) is 5.91 Å². The molecule has 0 unspecified atom stereocenters. The zero-order chi connectivity index (χ0) is 22.6. The zero-order valence-corrected chi connectivity index (χ0v) is 19.8. The Bertz CT molecular complexity index is 1130. The highest BCUT2D eigenvalue weighted by Crippen LogP contribution is 2.23. The van der Waals surface area contributed by atoms with Crippen LogP contribution in [0.2, 0.25) is 0 Å². The number of carbonyl (C=O) groups excluding carboxylic acids is 2. The summed E-state index contributed by atoms with van der Waals surface area (Å²) >= 11 is 1.31. The maximum atomic E-state index is 12.4. The number of hydrogen-bond acceptors (Lipinski definition) is 6. The molecule has 0 aliphatic carbocycles. The first-order valence-corrected chi connectivity index (χ1v) is 13.2. The van der Waals surface area contributed by atoms with Crippen molar-refractivity contribution in [2.75, 3.05) is 31.2 Å². The average molecular weight is 468 g/mol. The summed E-state index contributed by atoms with van der Waals surface area (Å²) in [4.78, 5) is 30.9. The Morgan fingerprint density at radius 1 is 1.19 bits per heavy atom. The number of ether oxygens (including phenoxy) is 1. The molecule has 1 aromatic carbocycles. The molecule has 170 valence electrons. The van der Waals surface area contributed by atoms with E-state index in [1.165, 1.54) is 11.3 Å². The van der Waals surface area contributed by atoms with E-state index in [4.69, 9.17) is 4.74 Å². The average Bonchev–Trinajstić information content (AvgIpc) is 3.03. The van der Waals surface area contributed by atoms with E-state index in [0.29, 0.717) is 37.0 Å². The lowest BCUT2D eigenvalue weighted by Gasteiger charge is -2.30. The lowest BCUT2D eigenvalue weighted by atomic mass is 9.99. The Kier molecular flexibility index (Phi) is 7.53. The molecule has 2 aromatic rings. The Labute approximate surface area is 186 Å². The first kappa shape index (κ1) is 23.5. The fraction of sp³-hybridized carbons (Fsp3) is 0.571. The number of amides is 2. The standard InChI is InChI=1S/C21H29N3O5S2/c1-4-24-17-7-6-16(29-5-2)12-18(17)30-21(24)22-19(25)13-31(27,28)14-20(26)23-10-8-15(3)9-11-23/h6-7,12,15H,4-5,8-11,13-14H2,1-3H3. The smallest absolute Gasteiger partial charge is 0.263 e. The molecule has 0 N–H and O–H groups in total. The molecule has 1 aliphatic rings. The third-order valence-corrected chi connectivity index (χ3v) is 7.74. The third-order valence-electron chi connectivity index (χ3n) is 5.32. The lowest BCUT2D eigenvalue weighted by Crippen LogP contribution is -2.41. The molecule has 0 atom stereocenters. The molecule has 2 amide bonds. The second-order valence-electron chi connectivity index (χ2n) is 7.79. The third kappa shape index (κ3) is 5.94. The highest BCUT2D eigenvalue weighted by Gasteiger charge is 2.26. The maximum Gasteiger partial charge on any atom is 0.263 e. The summed E-state index contributed by atoms with van der Waals surface area (Å²) in [5, 5.41) is 0. The highest BCUT2D eigenvalue weighted by molar-refractivity contribution is 7.92. The normalized spacial score (nSPS) is 16.1. The van der Waals surface area contributed by atoms with Crippen LogP contribution in [-0.2, 0) is 26.0 Å². The van der Waals surface area contributed by atoms with Crippen LogP contribution in [0.25, 0.3) is 10.2 Å². The van der Waals surface area contributed by atoms with Gasteiger partial charge >= 0.3 is 0 Å². The van der Waals surface area contributed by atoms with Gasteiger partial charge in [-0.2, -0.15) is 4.99 Å². The van der Waals surface area contributed by atoms with E-state index >= 15 is 0 Å². The number of nitrogens with zero attached hydrogens (tertiary/aromatic N) is 3. The number of thiazole rings is 1. The summed E-state index contributed by atoms with van der Waals surface area (Å²) in [5.41, 5.74) is 0.903. The van der Waals surface area contributed by atoms with E-state index < -0.39 is 33.2 Å². The number of fused-ring (bicyclic) bond motifs is 1. The maximum absolute atomic E-state index is 12.4. The van der Waals surface area contributed by atoms with Crippen molar-refractivity contribution in [1.29, 1.82) is 0 Å². The second kappa shape index (κ2) is 9.95. The SMILES string of the molecule is CCOc1ccc2c(c1)sc(=NC(=O)CS(=O)(=O)CC(=O)N1CCC(C)CC1)n2CC. The molecular weight excluding hydrogens is 438 g/mol. The van der Waals surface area contributed by atoms with E-state index in [2.05, 4.69) is 11.9 Å². The van der Waals surface area contributed by atoms with Gasteiger partial charge in [-0.1, -0.05) is 18.3 Å². The van der Waals surface area contributed by atoms with Crippen LogP contribution in [0, 0.1) is 5.92 Å². The Hall–Kier alpha value is -2.20. The number of sulfone groups is 1. The minimum atomic E-state index is -3.89. The van der Waals surface area contributed by atoms with Gasteiger partial charge in [0, 0.05) is 19.6 Å². The van der Waals surface area contributed by atoms with Crippen molar-refractivity contribution >= 4 is 43.2 Å². The van der Waals surface area contributed by atoms with E-state index in [1.807, 2.05) is 36.6 Å². The van der Waals surface area contributed by atoms with Crippen molar-refractivity contribution in [3.05, 3.63) is 23.0 Å². The monoisotopic (exact) mass is 467 g/mol. The minimum Gasteiger partial charge on any atom is -0.494 e. The minimum absolute atomic E-state index is 0.433. The van der Waals surface area contributed by atoms with Crippen LogP contribution in [0.15, 0.2) is 23.2 Å². The summed E-state index contributed by atoms with van der Waals surface area (Å²) in [6.07, 6.45) is 1.74. The van der Waals surface area contributed by atoms with Gasteiger partial charge in [-0.05, 0) is 50.8 Å². The van der Waals surface area contributed by atoms with E-state index in [9.17, 15) is 18.0 Å². The lowest BCUT2D eigenvalue weighted by molar-refractivity contribution is -0.129. The summed E-state index contributed by atoms with van der Waals surface area (Å²) in [6.45, 7) is 8.22. The molecule has 1 fully saturated rings. The summed E-state index contributed by atoms with van der Waals surface area (Å²) in [5.74, 6) is -1.36. The van der Waals surface area contributed by atoms with E-state index in [0.717, 1.165) is 28.8 Å². The predicted octanol–water partition coefficient (Wildman–Crippen LogP) is 2.22. The van der Waals surface area contributed by atoms with Crippen LogP contribution in [0.3, 0.4) is 0 Å². The molecule has 0 bridgehead atoms. The molecule has 0 spiro atoms. The van der Waals surface area contributed by atoms with Crippen molar-refractivity contribution < 1.29 is 22.7 Å². The van der Waals surface area contributed by atoms with Gasteiger partial charge in [-0.3, -0.25) is 9.59 Å². The van der Waals surface area contributed by atoms with Gasteiger partial charge in [-0.15, -0.1) is 0 Å². The van der Waals surface area contributed by atoms with Gasteiger partial charge in [-0.25, -0.2) is 8.42 Å². The zero-order valence-electron chi connectivity index (χ0n) is 18.2. The summed E-state index contributed by atoms with van der Waals surface area (Å²) < 4.78 is 33.2. The largest absolute Gasteiger partial charge is 0.494 e. The molecular formula is C21H29N3O5S2. The number of hydrogen-bond donors (Lipinski definition) is 0. The molecule has 2 heterocycles. The molecule has 0 saturated carbocycles. The van der Waals surface area contributed by atoms with Crippen LogP contribution in [0.4, 0.5) is 0 Å². The van der Waals surface area contributed by atoms with E-state index in [1.54, 1.807) is 4.90 Å². The molecule has 0 radical (unpaired) electrons. The number of piperidine rings is 1. The Morgan fingerprint density at radius 2 is 1.90 bits per heavy atom. The number of benzene rings is 1. The van der Waals surface area contributed by atoms with Crippen LogP contribution in [0.5, 0.6) is 5.75 Å². The van der Waals surface area contributed by atoms with Crippen LogP contribution >= 0.6 is 11.3 Å². The van der Waals surface area contributed by atoms with Crippen molar-refractivity contribution in [2.24, 2.45) is 10.9 Å². The number of rotatable bonds is 7. The van der Waals surface area contributed by atoms with Crippen molar-refractivity contribution in [1.82, 2.24) is 9.47 Å². The number of aryl methyl sites for hydroxylation is 1. The first-order valence-electron chi connectivity index (χ1n) is 10.5. The predicted molar refractivity (Wildman–Crippen MR) is 121 cm³/mol. The first-order chi connectivity index (χ1) is 14.7. The fourth-order valence-electron chi connectivity index (χ4n) is 3.62. The summed E-state index contributed by atoms with van der Waals surface area (Å²) in [7, 11) is -3.89. The van der Waals surface area contributed by atoms with Crippen molar-refractivity contribution in [2.45, 2.75) is 40.2 Å². The van der Waals surface area contributed by atoms with Gasteiger partial charge < -0.3 is 14.2 Å². The van der Waals surface area contributed by atoms with Gasteiger partial charge in [0.15, 0.2) is 14.6 Å². The van der Waals surface area contributed by atoms with Crippen LogP contribution < -0.4 is 9.54 Å². The van der Waals surface area contributed by atoms with Crippen molar-refractivity contribution in [3.8, 4) is 5.75 Å². The number of carbonyl (C=O) groups is 2. The molecule has 10 heteroatoms. The summed E-state index contributed by atoms with van der Waals surface area (Å²) in [6, 6.07) is 5.64. The molecule has 1 aromatic heterocycles. The molecule has 8 nitrogen and oxygen atoms in total. The quantitative estimate of drug-likeness (QED) is 0.622. The molecule has 31 heavy (non-hydrogen) atoms. The van der Waals surface area contributed by atoms with Crippen LogP contribution in [-0.4, -0.2) is 60.9 Å². The molecule has 3 rings (SSSR count). The Morgan fingerprint density at radius 3 is 2.55 bits per heavy atom. The second-order valence-corrected chi connectivity index (χ2v) is 10.9. The van der Waals surface area contributed by atoms with Crippen molar-refractivity contribution in [3.63, 3.8) is 0 Å². The number of aromatic nitrogens is 1.